The lowest BCUT2D eigenvalue weighted by atomic mass is 9.66. The topological polar surface area (TPSA) is 68.3 Å². The maximum Gasteiger partial charge on any atom is 0.406 e. The van der Waals surface area contributed by atoms with Crippen molar-refractivity contribution in [2.45, 2.75) is 38.0 Å². The molecule has 1 aliphatic carbocycles. The zero-order chi connectivity index (χ0) is 16.8. The molecule has 126 valence electrons. The highest BCUT2D eigenvalue weighted by atomic mass is 19.4. The Bertz CT molecular complexity index is 679. The van der Waals surface area contributed by atoms with Gasteiger partial charge >= 0.3 is 6.18 Å². The van der Waals surface area contributed by atoms with E-state index in [0.29, 0.717) is 17.7 Å². The molecule has 1 spiro atoms. The fourth-order valence-electron chi connectivity index (χ4n) is 3.50. The van der Waals surface area contributed by atoms with Crippen LogP contribution < -0.4 is 11.3 Å². The van der Waals surface area contributed by atoms with E-state index in [4.69, 9.17) is 5.73 Å². The summed E-state index contributed by atoms with van der Waals surface area (Å²) in [5.41, 5.74) is 4.88. The SMILES string of the molecule is NC1CN(C(=O)c2cccn(CC(F)(F)F)c2=O)CC12CCC2. The van der Waals surface area contributed by atoms with Crippen LogP contribution in [0.5, 0.6) is 0 Å². The summed E-state index contributed by atoms with van der Waals surface area (Å²) in [4.78, 5) is 26.2. The number of hydrogen-bond acceptors (Lipinski definition) is 3. The van der Waals surface area contributed by atoms with E-state index in [9.17, 15) is 22.8 Å². The van der Waals surface area contributed by atoms with Crippen LogP contribution >= 0.6 is 0 Å². The molecule has 1 unspecified atom stereocenters. The van der Waals surface area contributed by atoms with E-state index in [1.54, 1.807) is 0 Å². The van der Waals surface area contributed by atoms with Gasteiger partial charge in [0.2, 0.25) is 0 Å². The summed E-state index contributed by atoms with van der Waals surface area (Å²) in [6, 6.07) is 2.42. The molecule has 1 aromatic rings. The molecular formula is C15H18F3N3O2. The largest absolute Gasteiger partial charge is 0.406 e. The molecule has 0 aromatic carbocycles. The first-order chi connectivity index (χ1) is 10.7. The van der Waals surface area contributed by atoms with Crippen LogP contribution in [0.15, 0.2) is 23.1 Å². The van der Waals surface area contributed by atoms with Crippen molar-refractivity contribution in [1.29, 1.82) is 0 Å². The lowest BCUT2D eigenvalue weighted by Crippen LogP contribution is -2.45. The molecule has 1 aliphatic heterocycles. The first-order valence-corrected chi connectivity index (χ1v) is 7.53. The summed E-state index contributed by atoms with van der Waals surface area (Å²) in [5.74, 6) is -0.536. The van der Waals surface area contributed by atoms with Crippen LogP contribution in [0.1, 0.15) is 29.6 Å². The van der Waals surface area contributed by atoms with E-state index in [0.717, 1.165) is 25.5 Å². The first kappa shape index (κ1) is 16.0. The van der Waals surface area contributed by atoms with Crippen molar-refractivity contribution >= 4 is 5.91 Å². The number of carbonyl (C=O) groups is 1. The van der Waals surface area contributed by atoms with Gasteiger partial charge in [-0.25, -0.2) is 0 Å². The fourth-order valence-corrected chi connectivity index (χ4v) is 3.50. The average molecular weight is 329 g/mol. The molecule has 2 N–H and O–H groups in total. The Kier molecular flexibility index (Phi) is 3.74. The quantitative estimate of drug-likeness (QED) is 0.891. The van der Waals surface area contributed by atoms with Gasteiger partial charge in [0.25, 0.3) is 11.5 Å². The third-order valence-electron chi connectivity index (χ3n) is 4.95. The van der Waals surface area contributed by atoms with Crippen LogP contribution in [0.4, 0.5) is 13.2 Å². The summed E-state index contributed by atoms with van der Waals surface area (Å²) < 4.78 is 38.0. The molecule has 8 heteroatoms. The van der Waals surface area contributed by atoms with Gasteiger partial charge in [-0.2, -0.15) is 13.2 Å². The molecule has 1 atom stereocenters. The molecule has 5 nitrogen and oxygen atoms in total. The number of nitrogens with zero attached hydrogens (tertiary/aromatic N) is 2. The maximum absolute atomic E-state index is 12.5. The smallest absolute Gasteiger partial charge is 0.336 e. The fraction of sp³-hybridized carbons (Fsp3) is 0.600. The number of rotatable bonds is 2. The average Bonchev–Trinajstić information content (AvgIpc) is 2.77. The van der Waals surface area contributed by atoms with Gasteiger partial charge in [-0.3, -0.25) is 9.59 Å². The van der Waals surface area contributed by atoms with Crippen LogP contribution in [0.2, 0.25) is 0 Å². The number of pyridine rings is 1. The number of aromatic nitrogens is 1. The van der Waals surface area contributed by atoms with Gasteiger partial charge in [0.05, 0.1) is 0 Å². The highest BCUT2D eigenvalue weighted by molar-refractivity contribution is 5.94. The van der Waals surface area contributed by atoms with Gasteiger partial charge < -0.3 is 15.2 Å². The zero-order valence-corrected chi connectivity index (χ0v) is 12.5. The summed E-state index contributed by atoms with van der Waals surface area (Å²) >= 11 is 0. The Balaban J connectivity index is 1.83. The van der Waals surface area contributed by atoms with E-state index >= 15 is 0 Å². The number of alkyl halides is 3. The van der Waals surface area contributed by atoms with E-state index in [1.807, 2.05) is 0 Å². The van der Waals surface area contributed by atoms with Gasteiger partial charge in [-0.15, -0.1) is 0 Å². The standard InChI is InChI=1S/C15H18F3N3O2/c16-15(17,18)9-20-6-1-3-10(12(20)22)13(23)21-7-11(19)14(8-21)4-2-5-14/h1,3,6,11H,2,4-5,7-9,19H2. The minimum Gasteiger partial charge on any atom is -0.336 e. The Morgan fingerprint density at radius 3 is 2.61 bits per heavy atom. The lowest BCUT2D eigenvalue weighted by Gasteiger charge is -2.41. The lowest BCUT2D eigenvalue weighted by molar-refractivity contribution is -0.141. The van der Waals surface area contributed by atoms with Crippen LogP contribution in [-0.4, -0.2) is 40.7 Å². The summed E-state index contributed by atoms with van der Waals surface area (Å²) in [5, 5.41) is 0. The van der Waals surface area contributed by atoms with Crippen molar-refractivity contribution in [3.63, 3.8) is 0 Å². The number of halogens is 3. The summed E-state index contributed by atoms with van der Waals surface area (Å²) in [6.07, 6.45) is -0.511. The molecule has 0 radical (unpaired) electrons. The third-order valence-corrected chi connectivity index (χ3v) is 4.95. The molecule has 2 heterocycles. The van der Waals surface area contributed by atoms with Crippen molar-refractivity contribution in [2.24, 2.45) is 11.1 Å². The van der Waals surface area contributed by atoms with Crippen LogP contribution in [0, 0.1) is 5.41 Å². The molecule has 1 saturated heterocycles. The van der Waals surface area contributed by atoms with E-state index < -0.39 is 24.2 Å². The van der Waals surface area contributed by atoms with E-state index in [2.05, 4.69) is 0 Å². The van der Waals surface area contributed by atoms with Crippen LogP contribution in [0.25, 0.3) is 0 Å². The van der Waals surface area contributed by atoms with Crippen LogP contribution in [0.3, 0.4) is 0 Å². The molecular weight excluding hydrogens is 311 g/mol. The normalized spacial score (nSPS) is 23.1. The predicted octanol–water partition coefficient (Wildman–Crippen LogP) is 1.36. The minimum atomic E-state index is -4.52. The van der Waals surface area contributed by atoms with Gasteiger partial charge in [0.1, 0.15) is 12.1 Å². The van der Waals surface area contributed by atoms with Gasteiger partial charge in [-0.05, 0) is 25.0 Å². The summed E-state index contributed by atoms with van der Waals surface area (Å²) in [7, 11) is 0. The highest BCUT2D eigenvalue weighted by Crippen LogP contribution is 2.47. The number of carbonyl (C=O) groups excluding carboxylic acids is 1. The van der Waals surface area contributed by atoms with Crippen molar-refractivity contribution < 1.29 is 18.0 Å². The Labute approximate surface area is 130 Å². The van der Waals surface area contributed by atoms with E-state index in [-0.39, 0.29) is 17.0 Å². The van der Waals surface area contributed by atoms with Crippen LogP contribution in [-0.2, 0) is 6.54 Å². The molecule has 23 heavy (non-hydrogen) atoms. The number of likely N-dealkylation sites (tertiary alicyclic amines) is 1. The van der Waals surface area contributed by atoms with Gasteiger partial charge in [-0.1, -0.05) is 6.42 Å². The van der Waals surface area contributed by atoms with Crippen molar-refractivity contribution in [3.8, 4) is 0 Å². The molecule has 3 rings (SSSR count). The van der Waals surface area contributed by atoms with Gasteiger partial charge in [0.15, 0.2) is 0 Å². The number of amides is 1. The predicted molar refractivity (Wildman–Crippen MR) is 76.9 cm³/mol. The Hall–Kier alpha value is -1.83. The minimum absolute atomic E-state index is 0.0740. The maximum atomic E-state index is 12.5. The number of hydrogen-bond donors (Lipinski definition) is 1. The van der Waals surface area contributed by atoms with Crippen molar-refractivity contribution in [1.82, 2.24) is 9.47 Å². The van der Waals surface area contributed by atoms with Crippen molar-refractivity contribution in [3.05, 3.63) is 34.2 Å². The Morgan fingerprint density at radius 1 is 1.39 bits per heavy atom. The summed E-state index contributed by atoms with van der Waals surface area (Å²) in [6.45, 7) is -0.594. The second kappa shape index (κ2) is 5.36. The highest BCUT2D eigenvalue weighted by Gasteiger charge is 2.50. The van der Waals surface area contributed by atoms with Crippen molar-refractivity contribution in [2.75, 3.05) is 13.1 Å². The monoisotopic (exact) mass is 329 g/mol. The molecule has 1 saturated carbocycles. The second-order valence-electron chi connectivity index (χ2n) is 6.48. The molecule has 1 amide bonds. The second-order valence-corrected chi connectivity index (χ2v) is 6.48. The molecule has 1 aromatic heterocycles. The molecule has 0 bridgehead atoms. The molecule has 2 fully saturated rings. The third kappa shape index (κ3) is 2.87. The Morgan fingerprint density at radius 2 is 2.09 bits per heavy atom. The zero-order valence-electron chi connectivity index (χ0n) is 12.5. The van der Waals surface area contributed by atoms with E-state index in [1.165, 1.54) is 17.0 Å². The number of nitrogens with two attached hydrogens (primary N) is 1. The van der Waals surface area contributed by atoms with Gasteiger partial charge in [0, 0.05) is 30.7 Å². The molecule has 2 aliphatic rings. The first-order valence-electron chi connectivity index (χ1n) is 7.53.